The molecule has 1 unspecified atom stereocenters. The molecule has 2 amide bonds. The molecule has 1 aromatic heterocycles. The number of methoxy groups -OCH3 is 1. The minimum absolute atomic E-state index is 0.212. The third-order valence-corrected chi connectivity index (χ3v) is 3.80. The summed E-state index contributed by atoms with van der Waals surface area (Å²) in [6.45, 7) is 8.27. The molecule has 6 nitrogen and oxygen atoms in total. The summed E-state index contributed by atoms with van der Waals surface area (Å²) in [6.07, 6.45) is 6.93. The maximum atomic E-state index is 12.7. The first-order valence-electron chi connectivity index (χ1n) is 7.99. The van der Waals surface area contributed by atoms with Crippen molar-refractivity contribution >= 4 is 6.03 Å². The summed E-state index contributed by atoms with van der Waals surface area (Å²) in [7, 11) is 3.51. The number of hydrogen-bond donors (Lipinski definition) is 1. The molecule has 0 radical (unpaired) electrons. The molecule has 1 N–H and O–H groups in total. The van der Waals surface area contributed by atoms with Crippen LogP contribution in [0, 0.1) is 0 Å². The molecular weight excluding hydrogens is 316 g/mol. The van der Waals surface area contributed by atoms with E-state index in [2.05, 4.69) is 23.5 Å². The van der Waals surface area contributed by atoms with Crippen LogP contribution < -0.4 is 10.1 Å². The maximum absolute atomic E-state index is 12.7. The topological polar surface area (TPSA) is 59.4 Å². The number of carbonyl (C=O) groups is 1. The third-order valence-electron chi connectivity index (χ3n) is 3.80. The summed E-state index contributed by atoms with van der Waals surface area (Å²) >= 11 is 0. The van der Waals surface area contributed by atoms with Gasteiger partial charge in [-0.25, -0.2) is 9.78 Å². The number of carbonyl (C=O) groups excluding carboxylic acids is 1. The predicted octanol–water partition coefficient (Wildman–Crippen LogP) is 2.90. The van der Waals surface area contributed by atoms with Crippen molar-refractivity contribution < 1.29 is 9.53 Å². The lowest BCUT2D eigenvalue weighted by Gasteiger charge is -2.25. The molecule has 6 heteroatoms. The van der Waals surface area contributed by atoms with Crippen LogP contribution in [0.3, 0.4) is 0 Å². The van der Waals surface area contributed by atoms with Gasteiger partial charge in [-0.2, -0.15) is 0 Å². The Morgan fingerprint density at radius 3 is 2.68 bits per heavy atom. The first-order valence-corrected chi connectivity index (χ1v) is 7.99. The maximum Gasteiger partial charge on any atom is 0.318 e. The van der Waals surface area contributed by atoms with Gasteiger partial charge in [-0.1, -0.05) is 24.3 Å². The predicted molar refractivity (Wildman–Crippen MR) is 98.5 cm³/mol. The number of nitrogens with one attached hydrogen (secondary N) is 1. The summed E-state index contributed by atoms with van der Waals surface area (Å²) in [5.74, 6) is 1.46. The highest BCUT2D eigenvalue weighted by Gasteiger charge is 2.23. The van der Waals surface area contributed by atoms with Gasteiger partial charge in [-0.15, -0.1) is 13.2 Å². The van der Waals surface area contributed by atoms with E-state index < -0.39 is 6.04 Å². The molecule has 25 heavy (non-hydrogen) atoms. The second kappa shape index (κ2) is 8.73. The van der Waals surface area contributed by atoms with E-state index in [-0.39, 0.29) is 6.03 Å². The Morgan fingerprint density at radius 2 is 2.12 bits per heavy atom. The Morgan fingerprint density at radius 1 is 1.40 bits per heavy atom. The zero-order valence-corrected chi connectivity index (χ0v) is 14.7. The van der Waals surface area contributed by atoms with E-state index in [9.17, 15) is 4.79 Å². The van der Waals surface area contributed by atoms with Crippen LogP contribution in [0.4, 0.5) is 4.79 Å². The summed E-state index contributed by atoms with van der Waals surface area (Å²) in [5.41, 5.74) is 0.888. The van der Waals surface area contributed by atoms with Gasteiger partial charge in [-0.05, 0) is 17.7 Å². The fourth-order valence-corrected chi connectivity index (χ4v) is 2.54. The summed E-state index contributed by atoms with van der Waals surface area (Å²) in [6, 6.07) is 6.97. The number of amides is 2. The summed E-state index contributed by atoms with van der Waals surface area (Å²) in [5, 5.41) is 3.05. The van der Waals surface area contributed by atoms with Gasteiger partial charge < -0.3 is 19.5 Å². The number of ether oxygens (including phenoxy) is 1. The van der Waals surface area contributed by atoms with Crippen LogP contribution in [0.2, 0.25) is 0 Å². The fraction of sp³-hybridized carbons (Fsp3) is 0.263. The van der Waals surface area contributed by atoms with Crippen LogP contribution in [0.15, 0.2) is 62.0 Å². The lowest BCUT2D eigenvalue weighted by molar-refractivity contribution is 0.205. The average molecular weight is 340 g/mol. The Kier molecular flexibility index (Phi) is 6.39. The van der Waals surface area contributed by atoms with Crippen molar-refractivity contribution in [1.29, 1.82) is 0 Å². The van der Waals surface area contributed by atoms with E-state index in [0.29, 0.717) is 13.1 Å². The van der Waals surface area contributed by atoms with Crippen LogP contribution in [0.1, 0.15) is 17.4 Å². The van der Waals surface area contributed by atoms with E-state index in [1.165, 1.54) is 0 Å². The van der Waals surface area contributed by atoms with Crippen molar-refractivity contribution in [1.82, 2.24) is 19.8 Å². The van der Waals surface area contributed by atoms with Gasteiger partial charge in [0, 0.05) is 32.5 Å². The Labute approximate surface area is 148 Å². The van der Waals surface area contributed by atoms with Crippen molar-refractivity contribution in [2.75, 3.05) is 20.2 Å². The Balaban J connectivity index is 2.35. The minimum Gasteiger partial charge on any atom is -0.497 e. The normalized spacial score (nSPS) is 11.4. The van der Waals surface area contributed by atoms with Gasteiger partial charge in [0.05, 0.1) is 7.11 Å². The first kappa shape index (κ1) is 18.3. The standard InChI is InChI=1S/C19H24N4O2/c1-5-11-23(12-6-2)19(24)21-17(18-20-10-13-22(18)3)15-8-7-9-16(14-15)25-4/h5-10,13-14,17H,1-2,11-12H2,3-4H3,(H,21,24). The van der Waals surface area contributed by atoms with E-state index in [1.807, 2.05) is 42.1 Å². The highest BCUT2D eigenvalue weighted by molar-refractivity contribution is 5.75. The average Bonchev–Trinajstić information content (AvgIpc) is 3.05. The summed E-state index contributed by atoms with van der Waals surface area (Å²) < 4.78 is 7.19. The van der Waals surface area contributed by atoms with Crippen molar-refractivity contribution in [2.24, 2.45) is 7.05 Å². The molecule has 0 spiro atoms. The van der Waals surface area contributed by atoms with Crippen molar-refractivity contribution in [2.45, 2.75) is 6.04 Å². The van der Waals surface area contributed by atoms with Gasteiger partial charge >= 0.3 is 6.03 Å². The molecule has 2 rings (SSSR count). The largest absolute Gasteiger partial charge is 0.497 e. The van der Waals surface area contributed by atoms with Crippen LogP contribution in [-0.4, -0.2) is 40.7 Å². The van der Waals surface area contributed by atoms with Gasteiger partial charge in [0.15, 0.2) is 0 Å². The highest BCUT2D eigenvalue weighted by atomic mass is 16.5. The Bertz CT molecular complexity index is 729. The molecular formula is C19H24N4O2. The number of imidazole rings is 1. The van der Waals surface area contributed by atoms with E-state index in [1.54, 1.807) is 30.4 Å². The molecule has 0 aliphatic carbocycles. The monoisotopic (exact) mass is 340 g/mol. The zero-order chi connectivity index (χ0) is 18.2. The first-order chi connectivity index (χ1) is 12.1. The van der Waals surface area contributed by atoms with Gasteiger partial charge in [0.1, 0.15) is 17.6 Å². The zero-order valence-electron chi connectivity index (χ0n) is 14.7. The quantitative estimate of drug-likeness (QED) is 0.752. The SMILES string of the molecule is C=CCN(CC=C)C(=O)NC(c1cccc(OC)c1)c1nccn1C. The van der Waals surface area contributed by atoms with Crippen LogP contribution in [0.25, 0.3) is 0 Å². The third kappa shape index (κ3) is 4.50. The Hall–Kier alpha value is -3.02. The molecule has 132 valence electrons. The number of rotatable bonds is 8. The van der Waals surface area contributed by atoms with Crippen molar-refractivity contribution in [3.8, 4) is 5.75 Å². The molecule has 0 fully saturated rings. The van der Waals surface area contributed by atoms with Crippen LogP contribution in [0.5, 0.6) is 5.75 Å². The number of aromatic nitrogens is 2. The van der Waals surface area contributed by atoms with E-state index in [4.69, 9.17) is 4.74 Å². The van der Waals surface area contributed by atoms with Gasteiger partial charge in [0.25, 0.3) is 0 Å². The minimum atomic E-state index is -0.403. The summed E-state index contributed by atoms with van der Waals surface area (Å²) in [4.78, 5) is 18.7. The molecule has 0 bridgehead atoms. The molecule has 1 heterocycles. The number of hydrogen-bond acceptors (Lipinski definition) is 3. The molecule has 0 aliphatic rings. The number of nitrogens with zero attached hydrogens (tertiary/aromatic N) is 3. The smallest absolute Gasteiger partial charge is 0.318 e. The second-order valence-corrected chi connectivity index (χ2v) is 5.54. The number of aryl methyl sites for hydroxylation is 1. The number of benzene rings is 1. The lowest BCUT2D eigenvalue weighted by Crippen LogP contribution is -2.42. The fourth-order valence-electron chi connectivity index (χ4n) is 2.54. The van der Waals surface area contributed by atoms with Gasteiger partial charge in [-0.3, -0.25) is 0 Å². The van der Waals surface area contributed by atoms with Crippen molar-refractivity contribution in [3.63, 3.8) is 0 Å². The van der Waals surface area contributed by atoms with Crippen LogP contribution >= 0.6 is 0 Å². The lowest BCUT2D eigenvalue weighted by atomic mass is 10.1. The highest BCUT2D eigenvalue weighted by Crippen LogP contribution is 2.24. The molecule has 2 aromatic rings. The molecule has 1 atom stereocenters. The van der Waals surface area contributed by atoms with E-state index in [0.717, 1.165) is 17.1 Å². The molecule has 0 saturated heterocycles. The molecule has 0 saturated carbocycles. The van der Waals surface area contributed by atoms with E-state index >= 15 is 0 Å². The van der Waals surface area contributed by atoms with Gasteiger partial charge in [0.2, 0.25) is 0 Å². The molecule has 0 aliphatic heterocycles. The second-order valence-electron chi connectivity index (χ2n) is 5.54. The number of urea groups is 1. The van der Waals surface area contributed by atoms with Crippen LogP contribution in [-0.2, 0) is 7.05 Å². The molecule has 1 aromatic carbocycles. The van der Waals surface area contributed by atoms with Crippen molar-refractivity contribution in [3.05, 3.63) is 73.4 Å².